The van der Waals surface area contributed by atoms with E-state index in [0.717, 1.165) is 6.42 Å². The van der Waals surface area contributed by atoms with Crippen molar-refractivity contribution in [2.75, 3.05) is 0 Å². The van der Waals surface area contributed by atoms with Crippen molar-refractivity contribution in [1.29, 1.82) is 0 Å². The summed E-state index contributed by atoms with van der Waals surface area (Å²) in [5, 5.41) is 0. The van der Waals surface area contributed by atoms with Crippen LogP contribution in [0.15, 0.2) is 66.2 Å². The van der Waals surface area contributed by atoms with E-state index in [1.165, 1.54) is 22.4 Å². The first-order valence-corrected chi connectivity index (χ1v) is 8.60. The van der Waals surface area contributed by atoms with Gasteiger partial charge in [-0.25, -0.2) is 0 Å². The summed E-state index contributed by atoms with van der Waals surface area (Å²) in [4.78, 5) is 4.97. The van der Waals surface area contributed by atoms with Gasteiger partial charge in [0.1, 0.15) is 5.57 Å². The average Bonchev–Trinajstić information content (AvgIpc) is 2.77. The summed E-state index contributed by atoms with van der Waals surface area (Å²) >= 11 is 0. The predicted molar refractivity (Wildman–Crippen MR) is 97.3 cm³/mol. The van der Waals surface area contributed by atoms with Crippen LogP contribution < -0.4 is 0 Å². The van der Waals surface area contributed by atoms with Gasteiger partial charge < -0.3 is 0 Å². The van der Waals surface area contributed by atoms with Gasteiger partial charge in [0.25, 0.3) is 6.07 Å². The van der Waals surface area contributed by atoms with Crippen molar-refractivity contribution < 1.29 is 4.58 Å². The number of fused-ring (bicyclic) bond motifs is 1. The fourth-order valence-corrected chi connectivity index (χ4v) is 4.59. The Balaban J connectivity index is 1.84. The Morgan fingerprint density at radius 1 is 1.04 bits per heavy atom. The molecule has 0 radical (unpaired) electrons. The lowest BCUT2D eigenvalue weighted by Crippen LogP contribution is -2.36. The van der Waals surface area contributed by atoms with Crippen LogP contribution in [0.4, 0.5) is 5.69 Å². The van der Waals surface area contributed by atoms with Crippen LogP contribution >= 0.6 is 0 Å². The summed E-state index contributed by atoms with van der Waals surface area (Å²) in [6, 6.07) is 22.7. The summed E-state index contributed by atoms with van der Waals surface area (Å²) in [5.74, 6) is 0.388. The van der Waals surface area contributed by atoms with Gasteiger partial charge >= 0.3 is 5.54 Å². The Bertz CT molecular complexity index is 970. The highest BCUT2D eigenvalue weighted by molar-refractivity contribution is 5.85. The van der Waals surface area contributed by atoms with Crippen molar-refractivity contribution >= 4 is 11.9 Å². The van der Waals surface area contributed by atoms with Crippen LogP contribution in [-0.4, -0.2) is 16.3 Å². The highest BCUT2D eigenvalue weighted by Crippen LogP contribution is 2.54. The molecule has 3 heterocycles. The maximum Gasteiger partial charge on any atom is 0.408 e. The van der Waals surface area contributed by atoms with E-state index in [1.807, 2.05) is 0 Å². The van der Waals surface area contributed by atoms with Crippen LogP contribution in [-0.2, 0) is 5.54 Å². The lowest BCUT2D eigenvalue weighted by Gasteiger charge is -2.26. The Morgan fingerprint density at radius 3 is 2.62 bits per heavy atom. The maximum atomic E-state index is 4.97. The second kappa shape index (κ2) is 4.45. The topological polar surface area (TPSA) is 7.37 Å². The summed E-state index contributed by atoms with van der Waals surface area (Å²) in [6.45, 7) is 4.60. The molecule has 2 aromatic carbocycles. The van der Waals surface area contributed by atoms with Gasteiger partial charge in [0.15, 0.2) is 5.54 Å². The van der Waals surface area contributed by atoms with Crippen LogP contribution in [0.2, 0.25) is 0 Å². The molecular formula is C22H20N2+2. The highest BCUT2D eigenvalue weighted by atomic mass is 15.2. The first-order chi connectivity index (χ1) is 11.6. The third kappa shape index (κ3) is 1.57. The molecule has 0 aromatic heterocycles. The molecule has 6 rings (SSSR count). The summed E-state index contributed by atoms with van der Waals surface area (Å²) < 4.78 is 2.38. The molecule has 4 aliphatic rings. The second-order valence-electron chi connectivity index (χ2n) is 7.41. The van der Waals surface area contributed by atoms with Gasteiger partial charge in [-0.3, -0.25) is 0 Å². The molecular weight excluding hydrogens is 292 g/mol. The molecule has 0 fully saturated rings. The van der Waals surface area contributed by atoms with E-state index in [9.17, 15) is 0 Å². The quantitative estimate of drug-likeness (QED) is 0.525. The first kappa shape index (κ1) is 13.7. The molecule has 2 aromatic rings. The van der Waals surface area contributed by atoms with E-state index >= 15 is 0 Å². The van der Waals surface area contributed by atoms with E-state index in [4.69, 9.17) is 4.85 Å². The second-order valence-corrected chi connectivity index (χ2v) is 7.41. The smallest absolute Gasteiger partial charge is 0.185 e. The minimum atomic E-state index is -0.400. The molecule has 2 heteroatoms. The fraction of sp³-hybridized carbons (Fsp3) is 0.273. The molecule has 0 saturated heterocycles. The van der Waals surface area contributed by atoms with Crippen LogP contribution in [0.1, 0.15) is 37.3 Å². The number of rotatable bonds is 1. The molecule has 2 atom stereocenters. The van der Waals surface area contributed by atoms with Crippen molar-refractivity contribution in [2.45, 2.75) is 37.3 Å². The van der Waals surface area contributed by atoms with Crippen molar-refractivity contribution in [1.82, 2.24) is 0 Å². The number of para-hydroxylation sites is 1. The van der Waals surface area contributed by atoms with E-state index in [2.05, 4.69) is 91.4 Å². The third-order valence-electron chi connectivity index (χ3n) is 5.73. The van der Waals surface area contributed by atoms with Crippen molar-refractivity contribution in [3.63, 3.8) is 0 Å². The molecule has 1 spiro atoms. The summed E-state index contributed by atoms with van der Waals surface area (Å²) in [6.07, 6.45) is 5.63. The minimum absolute atomic E-state index is 0.108. The molecule has 3 aliphatic heterocycles. The van der Waals surface area contributed by atoms with Crippen LogP contribution in [0.25, 0.3) is 4.85 Å². The van der Waals surface area contributed by atoms with Crippen molar-refractivity contribution in [3.8, 4) is 6.07 Å². The standard InChI is InChI=1S/C22H20N2/c1-21(2)20-14-16-12-13-23-22(20,19-11-7-6-10-18(16)19)15-24(21)17-8-4-3-5-9-17/h3-11,14-16H,12H2,1-2H3/q+2/t16-,22+/m0/s1. The van der Waals surface area contributed by atoms with Gasteiger partial charge in [-0.2, -0.15) is 4.58 Å². The summed E-state index contributed by atoms with van der Waals surface area (Å²) in [7, 11) is 0. The molecule has 0 unspecified atom stereocenters. The maximum absolute atomic E-state index is 4.97. The zero-order chi connectivity index (χ0) is 16.4. The number of hydrogen-bond acceptors (Lipinski definition) is 0. The Hall–Kier alpha value is -2.66. The van der Waals surface area contributed by atoms with E-state index in [-0.39, 0.29) is 5.54 Å². The Labute approximate surface area is 142 Å². The molecule has 0 amide bonds. The largest absolute Gasteiger partial charge is 0.408 e. The van der Waals surface area contributed by atoms with Gasteiger partial charge in [0.05, 0.1) is 12.0 Å². The Kier molecular flexibility index (Phi) is 2.55. The fourth-order valence-electron chi connectivity index (χ4n) is 4.59. The van der Waals surface area contributed by atoms with Gasteiger partial charge in [0.2, 0.25) is 11.9 Å². The zero-order valence-corrected chi connectivity index (χ0v) is 14.0. The van der Waals surface area contributed by atoms with E-state index in [0.29, 0.717) is 5.92 Å². The summed E-state index contributed by atoms with van der Waals surface area (Å²) in [5.41, 5.74) is 4.81. The van der Waals surface area contributed by atoms with Crippen LogP contribution in [0.3, 0.4) is 0 Å². The minimum Gasteiger partial charge on any atom is -0.185 e. The number of hydrogen-bond donors (Lipinski definition) is 0. The molecule has 116 valence electrons. The van der Waals surface area contributed by atoms with Gasteiger partial charge in [0, 0.05) is 31.9 Å². The number of benzene rings is 2. The van der Waals surface area contributed by atoms with Gasteiger partial charge in [-0.15, -0.1) is 0 Å². The molecule has 0 N–H and O–H groups in total. The highest BCUT2D eigenvalue weighted by Gasteiger charge is 2.67. The van der Waals surface area contributed by atoms with Crippen LogP contribution in [0.5, 0.6) is 0 Å². The van der Waals surface area contributed by atoms with E-state index in [1.54, 1.807) is 0 Å². The molecule has 24 heavy (non-hydrogen) atoms. The molecule has 1 aliphatic carbocycles. The zero-order valence-electron chi connectivity index (χ0n) is 14.0. The number of nitrogens with zero attached hydrogens (tertiary/aromatic N) is 2. The van der Waals surface area contributed by atoms with E-state index < -0.39 is 5.54 Å². The van der Waals surface area contributed by atoms with Crippen molar-refractivity contribution in [2.24, 2.45) is 0 Å². The predicted octanol–water partition coefficient (Wildman–Crippen LogP) is 4.85. The average molecular weight is 312 g/mol. The van der Waals surface area contributed by atoms with Gasteiger partial charge in [-0.1, -0.05) is 47.3 Å². The number of allylic oxidation sites excluding steroid dienone is 1. The van der Waals surface area contributed by atoms with Crippen LogP contribution in [0, 0.1) is 6.07 Å². The lowest BCUT2D eigenvalue weighted by atomic mass is 9.69. The SMILES string of the molecule is CC1(C)C2=C[C@@H]3CC#[N+][C@]2(C=[N+]1c1ccccc1)c1ccccc13. The van der Waals surface area contributed by atoms with Gasteiger partial charge in [-0.05, 0) is 11.6 Å². The lowest BCUT2D eigenvalue weighted by molar-refractivity contribution is -0.501. The Morgan fingerprint density at radius 2 is 1.79 bits per heavy atom. The van der Waals surface area contributed by atoms with Crippen molar-refractivity contribution in [3.05, 3.63) is 82.2 Å². The molecule has 2 bridgehead atoms. The monoisotopic (exact) mass is 312 g/mol. The molecule has 0 saturated carbocycles. The molecule has 2 nitrogen and oxygen atoms in total. The normalized spacial score (nSPS) is 28.0. The first-order valence-electron chi connectivity index (χ1n) is 8.60. The third-order valence-corrected chi connectivity index (χ3v) is 5.73.